The molecule has 3 rings (SSSR count). The lowest BCUT2D eigenvalue weighted by Gasteiger charge is -2.31. The predicted molar refractivity (Wildman–Crippen MR) is 86.3 cm³/mol. The molecule has 0 saturated carbocycles. The normalized spacial score (nSPS) is 22.2. The minimum atomic E-state index is -2.82. The van der Waals surface area contributed by atoms with Gasteiger partial charge in [-0.05, 0) is 37.1 Å². The molecule has 4 N–H and O–H groups in total. The maximum atomic E-state index is 13.7. The molecule has 1 aromatic rings. The van der Waals surface area contributed by atoms with E-state index < -0.39 is 17.9 Å². The Hall–Kier alpha value is -2.22. The van der Waals surface area contributed by atoms with Crippen molar-refractivity contribution in [3.63, 3.8) is 0 Å². The summed E-state index contributed by atoms with van der Waals surface area (Å²) in [6, 6.07) is 4.71. The molecule has 0 aromatic heterocycles. The standard InChI is InChI=1S/C16H20F2N4O2/c17-16(18)9-19-6-5-11(16)8-20-15(24)21-12-3-1-10-2-4-14(23)22-13(10)7-12/h1,3,7,11,19H,2,4-6,8-9H2,(H,22,23)(H2,20,21,24). The fourth-order valence-corrected chi connectivity index (χ4v) is 2.98. The summed E-state index contributed by atoms with van der Waals surface area (Å²) in [6.07, 6.45) is 1.43. The maximum Gasteiger partial charge on any atom is 0.319 e. The fraction of sp³-hybridized carbons (Fsp3) is 0.500. The van der Waals surface area contributed by atoms with E-state index in [1.54, 1.807) is 12.1 Å². The molecule has 0 aliphatic carbocycles. The zero-order valence-electron chi connectivity index (χ0n) is 13.1. The van der Waals surface area contributed by atoms with Crippen LogP contribution in [0.3, 0.4) is 0 Å². The monoisotopic (exact) mass is 338 g/mol. The highest BCUT2D eigenvalue weighted by molar-refractivity contribution is 5.96. The predicted octanol–water partition coefficient (Wildman–Crippen LogP) is 1.94. The fourth-order valence-electron chi connectivity index (χ4n) is 2.98. The Morgan fingerprint density at radius 3 is 2.96 bits per heavy atom. The van der Waals surface area contributed by atoms with Crippen molar-refractivity contribution in [2.24, 2.45) is 5.92 Å². The molecule has 1 saturated heterocycles. The zero-order chi connectivity index (χ0) is 17.2. The van der Waals surface area contributed by atoms with E-state index in [0.717, 1.165) is 5.56 Å². The van der Waals surface area contributed by atoms with E-state index in [4.69, 9.17) is 0 Å². The molecule has 1 fully saturated rings. The molecule has 0 spiro atoms. The molecule has 0 radical (unpaired) electrons. The number of anilines is 2. The van der Waals surface area contributed by atoms with E-state index in [1.807, 2.05) is 6.07 Å². The lowest BCUT2D eigenvalue weighted by Crippen LogP contribution is -2.50. The quantitative estimate of drug-likeness (QED) is 0.680. The minimum absolute atomic E-state index is 0.0581. The lowest BCUT2D eigenvalue weighted by atomic mass is 9.94. The van der Waals surface area contributed by atoms with Crippen molar-refractivity contribution in [2.45, 2.75) is 25.2 Å². The van der Waals surface area contributed by atoms with Crippen LogP contribution >= 0.6 is 0 Å². The first-order valence-corrected chi connectivity index (χ1v) is 8.00. The van der Waals surface area contributed by atoms with E-state index in [-0.39, 0.29) is 19.0 Å². The number of rotatable bonds is 3. The molecule has 2 aliphatic heterocycles. The van der Waals surface area contributed by atoms with Crippen LogP contribution in [0.2, 0.25) is 0 Å². The van der Waals surface area contributed by atoms with Gasteiger partial charge in [-0.1, -0.05) is 6.07 Å². The molecule has 1 atom stereocenters. The third kappa shape index (κ3) is 3.81. The van der Waals surface area contributed by atoms with Gasteiger partial charge in [0.1, 0.15) is 0 Å². The lowest BCUT2D eigenvalue weighted by molar-refractivity contribution is -0.116. The van der Waals surface area contributed by atoms with Crippen LogP contribution in [0, 0.1) is 5.92 Å². The molecule has 6 nitrogen and oxygen atoms in total. The highest BCUT2D eigenvalue weighted by atomic mass is 19.3. The number of carbonyl (C=O) groups excluding carboxylic acids is 2. The largest absolute Gasteiger partial charge is 0.337 e. The second-order valence-electron chi connectivity index (χ2n) is 6.18. The van der Waals surface area contributed by atoms with Gasteiger partial charge in [0, 0.05) is 30.3 Å². The first-order valence-electron chi connectivity index (χ1n) is 8.00. The van der Waals surface area contributed by atoms with Crippen molar-refractivity contribution in [3.05, 3.63) is 23.8 Å². The average Bonchev–Trinajstić information content (AvgIpc) is 2.53. The van der Waals surface area contributed by atoms with Crippen molar-refractivity contribution in [2.75, 3.05) is 30.3 Å². The van der Waals surface area contributed by atoms with Gasteiger partial charge in [0.2, 0.25) is 5.91 Å². The van der Waals surface area contributed by atoms with E-state index >= 15 is 0 Å². The van der Waals surface area contributed by atoms with Crippen LogP contribution in [0.25, 0.3) is 0 Å². The Morgan fingerprint density at radius 2 is 2.17 bits per heavy atom. The van der Waals surface area contributed by atoms with Crippen molar-refractivity contribution in [1.29, 1.82) is 0 Å². The van der Waals surface area contributed by atoms with E-state index in [0.29, 0.717) is 37.2 Å². The van der Waals surface area contributed by atoms with Crippen molar-refractivity contribution >= 4 is 23.3 Å². The second kappa shape index (κ2) is 6.72. The number of alkyl halides is 2. The van der Waals surface area contributed by atoms with Gasteiger partial charge in [0.15, 0.2) is 0 Å². The number of piperidine rings is 1. The number of amides is 3. The number of halogens is 2. The van der Waals surface area contributed by atoms with E-state index in [2.05, 4.69) is 21.3 Å². The number of nitrogens with one attached hydrogen (secondary N) is 4. The van der Waals surface area contributed by atoms with Gasteiger partial charge < -0.3 is 21.3 Å². The van der Waals surface area contributed by atoms with Crippen LogP contribution < -0.4 is 21.3 Å². The SMILES string of the molecule is O=C1CCc2ccc(NC(=O)NCC3CCNCC3(F)F)cc2N1. The van der Waals surface area contributed by atoms with Gasteiger partial charge in [-0.15, -0.1) is 0 Å². The summed E-state index contributed by atoms with van der Waals surface area (Å²) < 4.78 is 27.4. The Morgan fingerprint density at radius 1 is 1.33 bits per heavy atom. The van der Waals surface area contributed by atoms with Gasteiger partial charge in [-0.25, -0.2) is 13.6 Å². The number of hydrogen-bond donors (Lipinski definition) is 4. The first kappa shape index (κ1) is 16.6. The van der Waals surface area contributed by atoms with Crippen LogP contribution in [0.1, 0.15) is 18.4 Å². The van der Waals surface area contributed by atoms with Crippen LogP contribution in [0.5, 0.6) is 0 Å². The molecular weight excluding hydrogens is 318 g/mol. The third-order valence-corrected chi connectivity index (χ3v) is 4.40. The van der Waals surface area contributed by atoms with Crippen LogP contribution in [0.15, 0.2) is 18.2 Å². The highest BCUT2D eigenvalue weighted by Crippen LogP contribution is 2.29. The van der Waals surface area contributed by atoms with Gasteiger partial charge >= 0.3 is 6.03 Å². The number of carbonyl (C=O) groups is 2. The van der Waals surface area contributed by atoms with Gasteiger partial charge in [-0.3, -0.25) is 4.79 Å². The third-order valence-electron chi connectivity index (χ3n) is 4.40. The van der Waals surface area contributed by atoms with Crippen molar-refractivity contribution in [3.8, 4) is 0 Å². The molecule has 0 bridgehead atoms. The Balaban J connectivity index is 1.55. The molecule has 8 heteroatoms. The summed E-state index contributed by atoms with van der Waals surface area (Å²) in [5.74, 6) is -3.74. The maximum absolute atomic E-state index is 13.7. The summed E-state index contributed by atoms with van der Waals surface area (Å²) in [7, 11) is 0. The molecule has 2 aliphatic rings. The van der Waals surface area contributed by atoms with Crippen LogP contribution in [0.4, 0.5) is 25.0 Å². The highest BCUT2D eigenvalue weighted by Gasteiger charge is 2.41. The molecule has 2 heterocycles. The van der Waals surface area contributed by atoms with Gasteiger partial charge in [0.25, 0.3) is 5.92 Å². The van der Waals surface area contributed by atoms with E-state index in [1.165, 1.54) is 0 Å². The zero-order valence-corrected chi connectivity index (χ0v) is 13.1. The number of hydrogen-bond acceptors (Lipinski definition) is 3. The summed E-state index contributed by atoms with van der Waals surface area (Å²) in [5.41, 5.74) is 2.19. The summed E-state index contributed by atoms with van der Waals surface area (Å²) in [5, 5.41) is 10.5. The first-order chi connectivity index (χ1) is 11.4. The Kier molecular flexibility index (Phi) is 4.66. The molecular formula is C16H20F2N4O2. The van der Waals surface area contributed by atoms with Crippen molar-refractivity contribution in [1.82, 2.24) is 10.6 Å². The molecule has 24 heavy (non-hydrogen) atoms. The number of fused-ring (bicyclic) bond motifs is 1. The summed E-state index contributed by atoms with van der Waals surface area (Å²) in [6.45, 7) is 0.0851. The van der Waals surface area contributed by atoms with Crippen LogP contribution in [-0.2, 0) is 11.2 Å². The number of benzene rings is 1. The summed E-state index contributed by atoms with van der Waals surface area (Å²) >= 11 is 0. The summed E-state index contributed by atoms with van der Waals surface area (Å²) in [4.78, 5) is 23.3. The Labute approximate surface area is 138 Å². The van der Waals surface area contributed by atoms with E-state index in [9.17, 15) is 18.4 Å². The molecule has 130 valence electrons. The second-order valence-corrected chi connectivity index (χ2v) is 6.18. The number of urea groups is 1. The van der Waals surface area contributed by atoms with Gasteiger partial charge in [0.05, 0.1) is 6.54 Å². The number of aryl methyl sites for hydroxylation is 1. The average molecular weight is 338 g/mol. The molecule has 1 unspecified atom stereocenters. The topological polar surface area (TPSA) is 82.3 Å². The molecule has 3 amide bonds. The molecule has 1 aromatic carbocycles. The van der Waals surface area contributed by atoms with Gasteiger partial charge in [-0.2, -0.15) is 0 Å². The minimum Gasteiger partial charge on any atom is -0.337 e. The van der Waals surface area contributed by atoms with Crippen LogP contribution in [-0.4, -0.2) is 37.5 Å². The Bertz CT molecular complexity index is 651. The smallest absolute Gasteiger partial charge is 0.319 e. The van der Waals surface area contributed by atoms with Crippen molar-refractivity contribution < 1.29 is 18.4 Å².